The van der Waals surface area contributed by atoms with E-state index in [1.54, 1.807) is 11.3 Å². The number of rotatable bonds is 4. The number of fused-ring (bicyclic) bond motifs is 1. The summed E-state index contributed by atoms with van der Waals surface area (Å²) in [7, 11) is 0. The highest BCUT2D eigenvalue weighted by Crippen LogP contribution is 2.31. The van der Waals surface area contributed by atoms with Gasteiger partial charge in [0.2, 0.25) is 0 Å². The molecule has 2 N–H and O–H groups in total. The highest BCUT2D eigenvalue weighted by Gasteiger charge is 2.20. The van der Waals surface area contributed by atoms with E-state index in [4.69, 9.17) is 0 Å². The molecule has 1 aromatic carbocycles. The van der Waals surface area contributed by atoms with Crippen LogP contribution < -0.4 is 10.6 Å². The molecule has 0 aliphatic carbocycles. The van der Waals surface area contributed by atoms with Gasteiger partial charge < -0.3 is 10.6 Å². The Morgan fingerprint density at radius 3 is 3.10 bits per heavy atom. The zero-order chi connectivity index (χ0) is 13.9. The van der Waals surface area contributed by atoms with E-state index in [1.165, 1.54) is 27.6 Å². The monoisotopic (exact) mass is 287 g/mol. The predicted molar refractivity (Wildman–Crippen MR) is 85.6 cm³/mol. The third-order valence-corrected chi connectivity index (χ3v) is 4.98. The van der Waals surface area contributed by atoms with Crippen molar-refractivity contribution in [3.63, 3.8) is 0 Å². The Morgan fingerprint density at radius 1 is 1.45 bits per heavy atom. The molecule has 0 radical (unpaired) electrons. The smallest absolute Gasteiger partial charge is 0.109 e. The van der Waals surface area contributed by atoms with E-state index < -0.39 is 0 Å². The Labute approximate surface area is 124 Å². The van der Waals surface area contributed by atoms with E-state index in [-0.39, 0.29) is 0 Å². The molecule has 2 unspecified atom stereocenters. The van der Waals surface area contributed by atoms with Gasteiger partial charge in [-0.3, -0.25) is 0 Å². The number of nitrogens with one attached hydrogen (secondary N) is 2. The van der Waals surface area contributed by atoms with Gasteiger partial charge in [0.05, 0.1) is 6.04 Å². The quantitative estimate of drug-likeness (QED) is 0.900. The Morgan fingerprint density at radius 2 is 2.30 bits per heavy atom. The van der Waals surface area contributed by atoms with Crippen molar-refractivity contribution in [2.24, 2.45) is 0 Å². The minimum atomic E-state index is 0.329. The van der Waals surface area contributed by atoms with Crippen molar-refractivity contribution < 1.29 is 0 Å². The van der Waals surface area contributed by atoms with Gasteiger partial charge >= 0.3 is 0 Å². The summed E-state index contributed by atoms with van der Waals surface area (Å²) in [5, 5.41) is 8.31. The van der Waals surface area contributed by atoms with Gasteiger partial charge in [0, 0.05) is 35.8 Å². The van der Waals surface area contributed by atoms with E-state index in [2.05, 4.69) is 53.7 Å². The topological polar surface area (TPSA) is 37.0 Å². The third-order valence-electron chi connectivity index (χ3n) is 3.89. The number of aromatic nitrogens is 1. The molecule has 1 aliphatic heterocycles. The summed E-state index contributed by atoms with van der Waals surface area (Å²) in [6.07, 6.45) is 3.14. The maximum absolute atomic E-state index is 4.47. The minimum Gasteiger partial charge on any atom is -0.385 e. The number of thiazole rings is 1. The molecule has 2 aromatic rings. The molecule has 1 aromatic heterocycles. The molecule has 4 heteroatoms. The summed E-state index contributed by atoms with van der Waals surface area (Å²) < 4.78 is 0. The fourth-order valence-electron chi connectivity index (χ4n) is 2.74. The lowest BCUT2D eigenvalue weighted by molar-refractivity contribution is 0.500. The molecule has 2 atom stereocenters. The second-order valence-electron chi connectivity index (χ2n) is 5.44. The molecular formula is C16H21N3S. The van der Waals surface area contributed by atoms with E-state index >= 15 is 0 Å². The number of para-hydroxylation sites is 1. The highest BCUT2D eigenvalue weighted by molar-refractivity contribution is 7.11. The van der Waals surface area contributed by atoms with E-state index in [1.807, 2.05) is 6.20 Å². The number of aryl methyl sites for hydroxylation is 1. The molecule has 3 nitrogen and oxygen atoms in total. The average molecular weight is 287 g/mol. The predicted octanol–water partition coefficient (Wildman–Crippen LogP) is 3.70. The van der Waals surface area contributed by atoms with Gasteiger partial charge in [0.15, 0.2) is 0 Å². The standard InChI is InChI=1S/C16H21N3S/c1-11-9-19-16(20-11)12(2)18-10-13-7-8-17-15-6-4-3-5-14(13)15/h3-6,9,12-13,17-18H,7-8,10H2,1-2H3. The third kappa shape index (κ3) is 2.86. The van der Waals surface area contributed by atoms with Crippen LogP contribution in [0.2, 0.25) is 0 Å². The molecule has 20 heavy (non-hydrogen) atoms. The first-order valence-corrected chi connectivity index (χ1v) is 8.04. The Hall–Kier alpha value is -1.39. The molecule has 0 bridgehead atoms. The van der Waals surface area contributed by atoms with Crippen LogP contribution in [0.3, 0.4) is 0 Å². The highest BCUT2D eigenvalue weighted by atomic mass is 32.1. The molecule has 0 amide bonds. The van der Waals surface area contributed by atoms with E-state index in [9.17, 15) is 0 Å². The van der Waals surface area contributed by atoms with Crippen molar-refractivity contribution >= 4 is 17.0 Å². The van der Waals surface area contributed by atoms with Gasteiger partial charge in [-0.2, -0.15) is 0 Å². The van der Waals surface area contributed by atoms with Crippen LogP contribution in [0.25, 0.3) is 0 Å². The number of hydrogen-bond acceptors (Lipinski definition) is 4. The van der Waals surface area contributed by atoms with E-state index in [0.29, 0.717) is 12.0 Å². The second kappa shape index (κ2) is 5.94. The minimum absolute atomic E-state index is 0.329. The number of anilines is 1. The molecule has 2 heterocycles. The molecule has 0 spiro atoms. The zero-order valence-electron chi connectivity index (χ0n) is 12.0. The summed E-state index contributed by atoms with van der Waals surface area (Å²) in [5.74, 6) is 0.593. The summed E-state index contributed by atoms with van der Waals surface area (Å²) in [6.45, 7) is 6.38. The van der Waals surface area contributed by atoms with Gasteiger partial charge in [-0.15, -0.1) is 11.3 Å². The maximum Gasteiger partial charge on any atom is 0.109 e. The maximum atomic E-state index is 4.47. The fourth-order valence-corrected chi connectivity index (χ4v) is 3.54. The first kappa shape index (κ1) is 13.6. The van der Waals surface area contributed by atoms with Crippen LogP contribution in [0.1, 0.15) is 40.8 Å². The number of benzene rings is 1. The molecule has 0 saturated carbocycles. The molecule has 0 saturated heterocycles. The largest absolute Gasteiger partial charge is 0.385 e. The molecule has 3 rings (SSSR count). The zero-order valence-corrected chi connectivity index (χ0v) is 12.8. The van der Waals surface area contributed by atoms with Gasteiger partial charge in [0.1, 0.15) is 5.01 Å². The first-order valence-electron chi connectivity index (χ1n) is 7.22. The number of hydrogen-bond donors (Lipinski definition) is 2. The molecular weight excluding hydrogens is 266 g/mol. The fraction of sp³-hybridized carbons (Fsp3) is 0.438. The molecule has 1 aliphatic rings. The van der Waals surface area contributed by atoms with Gasteiger partial charge in [-0.25, -0.2) is 4.98 Å². The van der Waals surface area contributed by atoms with Crippen LogP contribution in [0.5, 0.6) is 0 Å². The first-order chi connectivity index (χ1) is 9.74. The van der Waals surface area contributed by atoms with Gasteiger partial charge in [-0.05, 0) is 31.9 Å². The van der Waals surface area contributed by atoms with Crippen LogP contribution in [0.15, 0.2) is 30.5 Å². The van der Waals surface area contributed by atoms with Crippen molar-refractivity contribution in [3.05, 3.63) is 45.9 Å². The van der Waals surface area contributed by atoms with Crippen LogP contribution in [0.4, 0.5) is 5.69 Å². The summed E-state index contributed by atoms with van der Waals surface area (Å²) in [5.41, 5.74) is 2.73. The Balaban J connectivity index is 1.65. The van der Waals surface area contributed by atoms with Crippen molar-refractivity contribution in [3.8, 4) is 0 Å². The number of nitrogens with zero attached hydrogens (tertiary/aromatic N) is 1. The van der Waals surface area contributed by atoms with Crippen LogP contribution >= 0.6 is 11.3 Å². The van der Waals surface area contributed by atoms with Gasteiger partial charge in [-0.1, -0.05) is 18.2 Å². The van der Waals surface area contributed by atoms with E-state index in [0.717, 1.165) is 13.1 Å². The van der Waals surface area contributed by atoms with Crippen molar-refractivity contribution in [2.75, 3.05) is 18.4 Å². The molecule has 0 fully saturated rings. The van der Waals surface area contributed by atoms with Crippen LogP contribution in [0, 0.1) is 6.92 Å². The summed E-state index contributed by atoms with van der Waals surface area (Å²) in [4.78, 5) is 5.75. The Kier molecular flexibility index (Phi) is 4.03. The van der Waals surface area contributed by atoms with Crippen LogP contribution in [-0.4, -0.2) is 18.1 Å². The lowest BCUT2D eigenvalue weighted by Gasteiger charge is -2.27. The average Bonchev–Trinajstić information content (AvgIpc) is 2.91. The van der Waals surface area contributed by atoms with Crippen LogP contribution in [-0.2, 0) is 0 Å². The SMILES string of the molecule is Cc1cnc(C(C)NCC2CCNc3ccccc32)s1. The lowest BCUT2D eigenvalue weighted by Crippen LogP contribution is -2.28. The molecule has 106 valence electrons. The Bertz CT molecular complexity index is 579. The lowest BCUT2D eigenvalue weighted by atomic mass is 9.91. The van der Waals surface area contributed by atoms with Crippen molar-refractivity contribution in [1.82, 2.24) is 10.3 Å². The summed E-state index contributed by atoms with van der Waals surface area (Å²) in [6, 6.07) is 8.98. The van der Waals surface area contributed by atoms with Crippen molar-refractivity contribution in [1.29, 1.82) is 0 Å². The van der Waals surface area contributed by atoms with Crippen molar-refractivity contribution in [2.45, 2.75) is 32.2 Å². The normalized spacial score (nSPS) is 19.2. The second-order valence-corrected chi connectivity index (χ2v) is 6.71. The summed E-state index contributed by atoms with van der Waals surface area (Å²) >= 11 is 1.78. The van der Waals surface area contributed by atoms with Gasteiger partial charge in [0.25, 0.3) is 0 Å².